The predicted octanol–water partition coefficient (Wildman–Crippen LogP) is 6.61. The van der Waals surface area contributed by atoms with E-state index in [1.807, 2.05) is 61.8 Å². The maximum atomic E-state index is 5.07. The molecule has 0 fully saturated rings. The third kappa shape index (κ3) is 9.23. The van der Waals surface area contributed by atoms with Crippen molar-refractivity contribution < 1.29 is 0 Å². The standard InChI is InChI=1S/C36H44N8/c1-28-34(31-18-14-29(15-19-31)26-38-22-10-24-42(3)4)40-35(41-36(28)44(37-2)33-12-8-7-9-13-33)32-20-16-30(17-21-32)27-39-23-11-25-43(5)6/h7-9,12-21,26-27H,2,10-11,22-25H2,1,3-6H3/b38-26-,39-27+. The lowest BCUT2D eigenvalue weighted by Crippen LogP contribution is -2.13. The van der Waals surface area contributed by atoms with E-state index >= 15 is 0 Å². The summed E-state index contributed by atoms with van der Waals surface area (Å²) in [6.45, 7) is 9.57. The molecule has 4 aromatic rings. The zero-order chi connectivity index (χ0) is 31.3. The van der Waals surface area contributed by atoms with Crippen LogP contribution >= 0.6 is 0 Å². The third-order valence-corrected chi connectivity index (χ3v) is 7.08. The van der Waals surface area contributed by atoms with E-state index in [1.54, 1.807) is 5.01 Å². The molecule has 4 rings (SSSR count). The molecule has 44 heavy (non-hydrogen) atoms. The molecule has 0 bridgehead atoms. The van der Waals surface area contributed by atoms with E-state index in [0.29, 0.717) is 11.6 Å². The minimum absolute atomic E-state index is 0.617. The first-order chi connectivity index (χ1) is 21.4. The zero-order valence-corrected chi connectivity index (χ0v) is 26.7. The largest absolute Gasteiger partial charge is 0.309 e. The van der Waals surface area contributed by atoms with E-state index in [0.717, 1.165) is 78.2 Å². The fourth-order valence-electron chi connectivity index (χ4n) is 4.70. The van der Waals surface area contributed by atoms with E-state index in [4.69, 9.17) is 9.97 Å². The molecule has 0 aliphatic heterocycles. The van der Waals surface area contributed by atoms with Crippen LogP contribution < -0.4 is 5.01 Å². The lowest BCUT2D eigenvalue weighted by atomic mass is 10.0. The first kappa shape index (κ1) is 32.4. The van der Waals surface area contributed by atoms with Crippen molar-refractivity contribution in [2.24, 2.45) is 15.1 Å². The Morgan fingerprint density at radius 2 is 1.20 bits per heavy atom. The molecule has 0 atom stereocenters. The second kappa shape index (κ2) is 16.4. The molecular weight excluding hydrogens is 544 g/mol. The quantitative estimate of drug-likeness (QED) is 0.0887. The highest BCUT2D eigenvalue weighted by Crippen LogP contribution is 2.34. The van der Waals surface area contributed by atoms with Crippen LogP contribution in [0.2, 0.25) is 0 Å². The number of hydrazone groups is 1. The van der Waals surface area contributed by atoms with Crippen molar-refractivity contribution >= 4 is 30.7 Å². The van der Waals surface area contributed by atoms with Gasteiger partial charge in [-0.15, -0.1) is 0 Å². The smallest absolute Gasteiger partial charge is 0.162 e. The molecule has 0 amide bonds. The van der Waals surface area contributed by atoms with Crippen LogP contribution in [0.3, 0.4) is 0 Å². The Morgan fingerprint density at radius 1 is 0.682 bits per heavy atom. The lowest BCUT2D eigenvalue weighted by Gasteiger charge is -2.22. The van der Waals surface area contributed by atoms with Crippen molar-refractivity contribution in [3.8, 4) is 22.6 Å². The van der Waals surface area contributed by atoms with Gasteiger partial charge in [-0.05, 0) is 84.3 Å². The number of para-hydroxylation sites is 1. The van der Waals surface area contributed by atoms with Crippen LogP contribution in [-0.2, 0) is 0 Å². The van der Waals surface area contributed by atoms with Crippen LogP contribution in [0.5, 0.6) is 0 Å². The van der Waals surface area contributed by atoms with Gasteiger partial charge < -0.3 is 9.80 Å². The van der Waals surface area contributed by atoms with Crippen molar-refractivity contribution in [2.75, 3.05) is 59.4 Å². The summed E-state index contributed by atoms with van der Waals surface area (Å²) >= 11 is 0. The van der Waals surface area contributed by atoms with Crippen molar-refractivity contribution in [1.29, 1.82) is 0 Å². The molecule has 0 N–H and O–H groups in total. The highest BCUT2D eigenvalue weighted by molar-refractivity contribution is 5.83. The number of hydrogen-bond acceptors (Lipinski definition) is 8. The molecule has 228 valence electrons. The van der Waals surface area contributed by atoms with Crippen LogP contribution in [-0.4, -0.2) is 93.3 Å². The van der Waals surface area contributed by atoms with Crippen LogP contribution in [0.4, 0.5) is 11.5 Å². The molecule has 0 radical (unpaired) electrons. The van der Waals surface area contributed by atoms with E-state index in [9.17, 15) is 0 Å². The molecule has 8 heteroatoms. The van der Waals surface area contributed by atoms with Gasteiger partial charge in [0.25, 0.3) is 0 Å². The fraction of sp³-hybridized carbons (Fsp3) is 0.306. The minimum Gasteiger partial charge on any atom is -0.309 e. The number of hydrogen-bond donors (Lipinski definition) is 0. The van der Waals surface area contributed by atoms with Gasteiger partial charge >= 0.3 is 0 Å². The van der Waals surface area contributed by atoms with Gasteiger partial charge in [-0.1, -0.05) is 66.7 Å². The average molecular weight is 589 g/mol. The summed E-state index contributed by atoms with van der Waals surface area (Å²) in [6, 6.07) is 26.5. The average Bonchev–Trinajstić information content (AvgIpc) is 3.03. The normalized spacial score (nSPS) is 11.7. The summed E-state index contributed by atoms with van der Waals surface area (Å²) in [7, 11) is 8.32. The van der Waals surface area contributed by atoms with Crippen molar-refractivity contribution in [3.05, 3.63) is 95.6 Å². The third-order valence-electron chi connectivity index (χ3n) is 7.08. The number of nitrogens with zero attached hydrogens (tertiary/aromatic N) is 8. The minimum atomic E-state index is 0.617. The maximum Gasteiger partial charge on any atom is 0.162 e. The Kier molecular flexibility index (Phi) is 12.0. The first-order valence-electron chi connectivity index (χ1n) is 15.1. The molecular formula is C36H44N8. The molecule has 0 saturated carbocycles. The predicted molar refractivity (Wildman–Crippen MR) is 187 cm³/mol. The van der Waals surface area contributed by atoms with Crippen LogP contribution in [0.1, 0.15) is 29.5 Å². The molecule has 0 aliphatic rings. The molecule has 0 unspecified atom stereocenters. The number of aliphatic imine (C=N–C) groups is 2. The van der Waals surface area contributed by atoms with Gasteiger partial charge in [-0.3, -0.25) is 9.98 Å². The molecule has 1 aromatic heterocycles. The van der Waals surface area contributed by atoms with Crippen LogP contribution in [0, 0.1) is 6.92 Å². The topological polar surface area (TPSA) is 72.6 Å². The lowest BCUT2D eigenvalue weighted by molar-refractivity contribution is 0.403. The van der Waals surface area contributed by atoms with Crippen molar-refractivity contribution in [1.82, 2.24) is 19.8 Å². The van der Waals surface area contributed by atoms with Gasteiger partial charge in [0.05, 0.1) is 11.4 Å². The summed E-state index contributed by atoms with van der Waals surface area (Å²) in [5.74, 6) is 1.30. The number of benzene rings is 3. The summed E-state index contributed by atoms with van der Waals surface area (Å²) < 4.78 is 0. The molecule has 0 aliphatic carbocycles. The monoisotopic (exact) mass is 588 g/mol. The van der Waals surface area contributed by atoms with Crippen molar-refractivity contribution in [2.45, 2.75) is 19.8 Å². The second-order valence-electron chi connectivity index (χ2n) is 11.3. The maximum absolute atomic E-state index is 5.07. The van der Waals surface area contributed by atoms with E-state index in [2.05, 4.69) is 96.2 Å². The van der Waals surface area contributed by atoms with Gasteiger partial charge in [0.2, 0.25) is 0 Å². The Morgan fingerprint density at radius 3 is 1.70 bits per heavy atom. The van der Waals surface area contributed by atoms with E-state index in [1.165, 1.54) is 0 Å². The SMILES string of the molecule is C=NN(c1ccccc1)c1nc(-c2ccc(/C=N/CCCN(C)C)cc2)nc(-c2ccc(/C=N\CCCN(C)C)cc2)c1C. The first-order valence-corrected chi connectivity index (χ1v) is 15.1. The number of aromatic nitrogens is 2. The summed E-state index contributed by atoms with van der Waals surface area (Å²) in [5.41, 5.74) is 6.65. The Balaban J connectivity index is 1.66. The fourth-order valence-corrected chi connectivity index (χ4v) is 4.70. The Labute approximate surface area is 262 Å². The van der Waals surface area contributed by atoms with E-state index < -0.39 is 0 Å². The second-order valence-corrected chi connectivity index (χ2v) is 11.3. The summed E-state index contributed by atoms with van der Waals surface area (Å²) in [4.78, 5) is 23.6. The highest BCUT2D eigenvalue weighted by Gasteiger charge is 2.19. The van der Waals surface area contributed by atoms with Crippen LogP contribution in [0.15, 0.2) is 93.9 Å². The Bertz CT molecular complexity index is 1530. The molecule has 3 aromatic carbocycles. The summed E-state index contributed by atoms with van der Waals surface area (Å²) in [6.07, 6.45) is 5.93. The molecule has 8 nitrogen and oxygen atoms in total. The van der Waals surface area contributed by atoms with Gasteiger partial charge in [0, 0.05) is 48.9 Å². The Hall–Kier alpha value is -4.53. The molecule has 1 heterocycles. The van der Waals surface area contributed by atoms with Gasteiger partial charge in [-0.2, -0.15) is 5.10 Å². The van der Waals surface area contributed by atoms with Crippen LogP contribution in [0.25, 0.3) is 22.6 Å². The highest BCUT2D eigenvalue weighted by atomic mass is 15.5. The van der Waals surface area contributed by atoms with Gasteiger partial charge in [0.15, 0.2) is 11.6 Å². The zero-order valence-electron chi connectivity index (χ0n) is 26.7. The molecule has 0 spiro atoms. The molecule has 0 saturated heterocycles. The number of anilines is 2. The number of rotatable bonds is 15. The van der Waals surface area contributed by atoms with E-state index in [-0.39, 0.29) is 0 Å². The summed E-state index contributed by atoms with van der Waals surface area (Å²) in [5, 5.41) is 6.13. The van der Waals surface area contributed by atoms with Gasteiger partial charge in [-0.25, -0.2) is 15.0 Å². The van der Waals surface area contributed by atoms with Crippen molar-refractivity contribution in [3.63, 3.8) is 0 Å². The van der Waals surface area contributed by atoms with Gasteiger partial charge in [0.1, 0.15) is 0 Å².